The average molecular weight is 392 g/mol. The molecule has 0 radical (unpaired) electrons. The number of pyridine rings is 1. The van der Waals surface area contributed by atoms with Gasteiger partial charge in [-0.2, -0.15) is 8.78 Å². The Morgan fingerprint density at radius 3 is 2.14 bits per heavy atom. The fraction of sp³-hybridized carbons (Fsp3) is 0.318. The number of nitrogens with one attached hydrogen (secondary N) is 1. The molecule has 2 rings (SSSR count). The van der Waals surface area contributed by atoms with Gasteiger partial charge in [0, 0.05) is 36.4 Å². The molecule has 6 heteroatoms. The zero-order chi connectivity index (χ0) is 21.3. The number of hydrogen-bond donors (Lipinski definition) is 1. The average Bonchev–Trinajstić information content (AvgIpc) is 2.53. The lowest BCUT2D eigenvalue weighted by Crippen LogP contribution is -2.45. The highest BCUT2D eigenvalue weighted by Gasteiger charge is 2.40. The van der Waals surface area contributed by atoms with Crippen molar-refractivity contribution in [1.29, 1.82) is 0 Å². The molecule has 0 unspecified atom stereocenters. The van der Waals surface area contributed by atoms with E-state index in [1.807, 2.05) is 0 Å². The lowest BCUT2D eigenvalue weighted by atomic mass is 9.72. The third kappa shape index (κ3) is 4.43. The van der Waals surface area contributed by atoms with Crippen LogP contribution in [0.2, 0.25) is 0 Å². The van der Waals surface area contributed by atoms with Gasteiger partial charge in [-0.1, -0.05) is 30.9 Å². The van der Waals surface area contributed by atoms with Gasteiger partial charge < -0.3 is 5.32 Å². The van der Waals surface area contributed by atoms with Crippen molar-refractivity contribution < 1.29 is 17.6 Å². The van der Waals surface area contributed by atoms with Crippen molar-refractivity contribution in [3.05, 3.63) is 89.4 Å². The summed E-state index contributed by atoms with van der Waals surface area (Å²) in [5, 5.41) is 3.16. The highest BCUT2D eigenvalue weighted by molar-refractivity contribution is 5.39. The lowest BCUT2D eigenvalue weighted by molar-refractivity contribution is 0.0127. The van der Waals surface area contributed by atoms with Crippen molar-refractivity contribution in [2.75, 3.05) is 0 Å². The monoisotopic (exact) mass is 392 g/mol. The highest BCUT2D eigenvalue weighted by atomic mass is 19.3. The number of nitrogens with zero attached hydrogens (tertiary/aromatic N) is 1. The van der Waals surface area contributed by atoms with E-state index in [0.717, 1.165) is 13.0 Å². The zero-order valence-corrected chi connectivity index (χ0v) is 16.4. The van der Waals surface area contributed by atoms with Crippen LogP contribution in [0.4, 0.5) is 17.6 Å². The van der Waals surface area contributed by atoms with Crippen LogP contribution < -0.4 is 5.32 Å². The van der Waals surface area contributed by atoms with Crippen LogP contribution in [-0.4, -0.2) is 4.98 Å². The Morgan fingerprint density at radius 1 is 1.07 bits per heavy atom. The second-order valence-corrected chi connectivity index (χ2v) is 7.38. The largest absolute Gasteiger partial charge is 0.379 e. The first-order valence-electron chi connectivity index (χ1n) is 8.75. The summed E-state index contributed by atoms with van der Waals surface area (Å²) in [7, 11) is 0. The summed E-state index contributed by atoms with van der Waals surface area (Å²) in [4.78, 5) is 3.88. The molecule has 0 spiro atoms. The molecule has 0 bridgehead atoms. The van der Waals surface area contributed by atoms with Crippen LogP contribution in [0.15, 0.2) is 61.0 Å². The Balaban J connectivity index is 2.66. The SMILES string of the molecule is C=C(C)N[C@](C)(c1ccc(F)cc1F)[C@H](C(=C)C)c1ccc(C(C)(F)F)nc1. The fourth-order valence-corrected chi connectivity index (χ4v) is 3.60. The fourth-order valence-electron chi connectivity index (χ4n) is 3.60. The predicted octanol–water partition coefficient (Wildman–Crippen LogP) is 6.17. The topological polar surface area (TPSA) is 24.9 Å². The van der Waals surface area contributed by atoms with Crippen LogP contribution in [0.3, 0.4) is 0 Å². The van der Waals surface area contributed by atoms with Crippen molar-refractivity contribution in [1.82, 2.24) is 10.3 Å². The van der Waals surface area contributed by atoms with Gasteiger partial charge in [0.2, 0.25) is 0 Å². The van der Waals surface area contributed by atoms with Gasteiger partial charge in [-0.3, -0.25) is 4.98 Å². The summed E-state index contributed by atoms with van der Waals surface area (Å²) >= 11 is 0. The maximum Gasteiger partial charge on any atom is 0.286 e. The molecule has 0 aliphatic carbocycles. The van der Waals surface area contributed by atoms with E-state index in [1.54, 1.807) is 20.8 Å². The Kier molecular flexibility index (Phi) is 6.02. The number of allylic oxidation sites excluding steroid dienone is 1. The molecule has 0 aliphatic heterocycles. The number of halogens is 4. The third-order valence-corrected chi connectivity index (χ3v) is 4.60. The minimum Gasteiger partial charge on any atom is -0.379 e. The molecule has 1 N–H and O–H groups in total. The van der Waals surface area contributed by atoms with Crippen molar-refractivity contribution >= 4 is 0 Å². The maximum atomic E-state index is 14.7. The Hall–Kier alpha value is -2.63. The lowest BCUT2D eigenvalue weighted by Gasteiger charge is -2.41. The van der Waals surface area contributed by atoms with Crippen LogP contribution in [-0.2, 0) is 11.5 Å². The minimum absolute atomic E-state index is 0.204. The normalized spacial score (nSPS) is 14.9. The molecule has 1 heterocycles. The molecule has 1 aromatic carbocycles. The Labute approximate surface area is 163 Å². The van der Waals surface area contributed by atoms with E-state index >= 15 is 0 Å². The second kappa shape index (κ2) is 7.78. The van der Waals surface area contributed by atoms with Crippen molar-refractivity contribution in [3.63, 3.8) is 0 Å². The number of benzene rings is 1. The Bertz CT molecular complexity index is 884. The number of hydrogen-bond acceptors (Lipinski definition) is 2. The van der Waals surface area contributed by atoms with Crippen LogP contribution >= 0.6 is 0 Å². The van der Waals surface area contributed by atoms with Crippen LogP contribution in [0.1, 0.15) is 50.4 Å². The standard InChI is InChI=1S/C22H24F4N2/c1-13(2)20(15-7-10-19(27-12-15)22(6,25)26)21(5,28-14(3)4)17-9-8-16(23)11-18(17)24/h7-12,20,28H,1,3H2,2,4-6H3/t20-,21-/m1/s1. The van der Waals surface area contributed by atoms with Crippen LogP contribution in [0.5, 0.6) is 0 Å². The van der Waals surface area contributed by atoms with Gasteiger partial charge >= 0.3 is 0 Å². The quantitative estimate of drug-likeness (QED) is 0.450. The number of rotatable bonds is 7. The molecule has 0 aliphatic rings. The van der Waals surface area contributed by atoms with E-state index in [1.165, 1.54) is 30.5 Å². The van der Waals surface area contributed by atoms with Crippen molar-refractivity contribution in [3.8, 4) is 0 Å². The third-order valence-electron chi connectivity index (χ3n) is 4.60. The molecule has 28 heavy (non-hydrogen) atoms. The van der Waals surface area contributed by atoms with Gasteiger partial charge in [-0.05, 0) is 38.5 Å². The summed E-state index contributed by atoms with van der Waals surface area (Å²) in [5.74, 6) is -5.04. The molecule has 0 amide bonds. The highest BCUT2D eigenvalue weighted by Crippen LogP contribution is 2.43. The van der Waals surface area contributed by atoms with Crippen molar-refractivity contribution in [2.45, 2.75) is 45.1 Å². The second-order valence-electron chi connectivity index (χ2n) is 7.38. The van der Waals surface area contributed by atoms with E-state index < -0.39 is 29.0 Å². The van der Waals surface area contributed by atoms with Gasteiger partial charge in [0.25, 0.3) is 5.92 Å². The molecule has 150 valence electrons. The van der Waals surface area contributed by atoms with Crippen LogP contribution in [0, 0.1) is 11.6 Å². The minimum atomic E-state index is -3.07. The summed E-state index contributed by atoms with van der Waals surface area (Å²) in [6.07, 6.45) is 1.34. The van der Waals surface area contributed by atoms with Crippen LogP contribution in [0.25, 0.3) is 0 Å². The first-order valence-corrected chi connectivity index (χ1v) is 8.75. The predicted molar refractivity (Wildman–Crippen MR) is 103 cm³/mol. The molecule has 0 saturated heterocycles. The Morgan fingerprint density at radius 2 is 1.71 bits per heavy atom. The van der Waals surface area contributed by atoms with E-state index in [2.05, 4.69) is 23.5 Å². The molecule has 2 nitrogen and oxygen atoms in total. The molecule has 1 aromatic heterocycles. The molecule has 2 aromatic rings. The van der Waals surface area contributed by atoms with Crippen molar-refractivity contribution in [2.24, 2.45) is 0 Å². The molecule has 0 saturated carbocycles. The van der Waals surface area contributed by atoms with Gasteiger partial charge in [0.05, 0.1) is 5.54 Å². The first kappa shape index (κ1) is 21.7. The zero-order valence-electron chi connectivity index (χ0n) is 16.4. The molecule has 0 fully saturated rings. The van der Waals surface area contributed by atoms with E-state index in [-0.39, 0.29) is 11.3 Å². The summed E-state index contributed by atoms with van der Waals surface area (Å²) in [5.41, 5.74) is 0.516. The maximum absolute atomic E-state index is 14.7. The molecular weight excluding hydrogens is 368 g/mol. The van der Waals surface area contributed by atoms with Gasteiger partial charge in [-0.25, -0.2) is 8.78 Å². The van der Waals surface area contributed by atoms with E-state index in [0.29, 0.717) is 16.8 Å². The summed E-state index contributed by atoms with van der Waals surface area (Å²) in [6.45, 7) is 13.8. The smallest absolute Gasteiger partial charge is 0.286 e. The van der Waals surface area contributed by atoms with Gasteiger partial charge in [-0.15, -0.1) is 0 Å². The summed E-state index contributed by atoms with van der Waals surface area (Å²) < 4.78 is 55.2. The molecular formula is C22H24F4N2. The van der Waals surface area contributed by atoms with Gasteiger partial charge in [0.1, 0.15) is 17.3 Å². The van der Waals surface area contributed by atoms with E-state index in [9.17, 15) is 17.6 Å². The van der Waals surface area contributed by atoms with E-state index in [4.69, 9.17) is 0 Å². The molecule has 2 atom stereocenters. The summed E-state index contributed by atoms with van der Waals surface area (Å²) in [6, 6.07) is 6.11. The number of alkyl halides is 2. The first-order chi connectivity index (χ1) is 12.9. The number of aromatic nitrogens is 1. The van der Waals surface area contributed by atoms with Gasteiger partial charge in [0.15, 0.2) is 0 Å².